The summed E-state index contributed by atoms with van der Waals surface area (Å²) in [4.78, 5) is 11.8. The fourth-order valence-corrected chi connectivity index (χ4v) is 2.05. The molecule has 1 saturated carbocycles. The topological polar surface area (TPSA) is 55.8 Å². The third kappa shape index (κ3) is 3.68. The summed E-state index contributed by atoms with van der Waals surface area (Å²) < 4.78 is 10.7. The maximum Gasteiger partial charge on any atom is 0.312 e. The molecule has 0 heterocycles. The van der Waals surface area contributed by atoms with E-state index in [0.717, 1.165) is 0 Å². The Bertz CT molecular complexity index is 274. The molecule has 0 aromatic heterocycles. The van der Waals surface area contributed by atoms with E-state index in [4.69, 9.17) is 9.47 Å². The van der Waals surface area contributed by atoms with Gasteiger partial charge in [-0.1, -0.05) is 0 Å². The maximum absolute atomic E-state index is 11.8. The van der Waals surface area contributed by atoms with Crippen LogP contribution >= 0.6 is 0 Å². The molecular weight excluding hydrogens is 220 g/mol. The average Bonchev–Trinajstić information content (AvgIpc) is 2.11. The third-order valence-corrected chi connectivity index (χ3v) is 3.13. The van der Waals surface area contributed by atoms with Gasteiger partial charge in [0.25, 0.3) is 0 Å². The van der Waals surface area contributed by atoms with E-state index in [1.807, 2.05) is 27.7 Å². The molecule has 0 amide bonds. The smallest absolute Gasteiger partial charge is 0.312 e. The summed E-state index contributed by atoms with van der Waals surface area (Å²) in [6, 6.07) is 0. The first-order valence-corrected chi connectivity index (χ1v) is 6.25. The molecule has 100 valence electrons. The van der Waals surface area contributed by atoms with Crippen LogP contribution in [0.5, 0.6) is 0 Å². The highest BCUT2D eigenvalue weighted by molar-refractivity contribution is 5.74. The van der Waals surface area contributed by atoms with Crippen molar-refractivity contribution >= 4 is 5.97 Å². The highest BCUT2D eigenvalue weighted by atomic mass is 16.6. The SMILES string of the molecule is CCOC1CC(O)(C(C)C(=O)OC(C)(C)C)C1. The van der Waals surface area contributed by atoms with E-state index in [-0.39, 0.29) is 12.1 Å². The van der Waals surface area contributed by atoms with Gasteiger partial charge in [-0.05, 0) is 34.6 Å². The van der Waals surface area contributed by atoms with Gasteiger partial charge in [-0.15, -0.1) is 0 Å². The van der Waals surface area contributed by atoms with Gasteiger partial charge in [-0.2, -0.15) is 0 Å². The van der Waals surface area contributed by atoms with Crippen LogP contribution < -0.4 is 0 Å². The Morgan fingerprint density at radius 3 is 2.41 bits per heavy atom. The van der Waals surface area contributed by atoms with Crippen LogP contribution in [0, 0.1) is 5.92 Å². The minimum Gasteiger partial charge on any atom is -0.460 e. The molecule has 1 unspecified atom stereocenters. The lowest BCUT2D eigenvalue weighted by molar-refractivity contribution is -0.192. The van der Waals surface area contributed by atoms with Gasteiger partial charge in [0.2, 0.25) is 0 Å². The van der Waals surface area contributed by atoms with Gasteiger partial charge < -0.3 is 14.6 Å². The number of carbonyl (C=O) groups is 1. The van der Waals surface area contributed by atoms with Gasteiger partial charge >= 0.3 is 5.97 Å². The van der Waals surface area contributed by atoms with Gasteiger partial charge in [0.05, 0.1) is 17.6 Å². The Labute approximate surface area is 103 Å². The molecule has 1 N–H and O–H groups in total. The molecule has 4 heteroatoms. The predicted molar refractivity (Wildman–Crippen MR) is 64.6 cm³/mol. The lowest BCUT2D eigenvalue weighted by Gasteiger charge is -2.46. The van der Waals surface area contributed by atoms with Gasteiger partial charge in [-0.3, -0.25) is 4.79 Å². The Balaban J connectivity index is 2.48. The van der Waals surface area contributed by atoms with Crippen LogP contribution in [-0.4, -0.2) is 35.0 Å². The molecule has 0 saturated heterocycles. The standard InChI is InChI=1S/C13H24O4/c1-6-16-10-7-13(15,8-10)9(2)11(14)17-12(3,4)5/h9-10,15H,6-8H2,1-5H3. The average molecular weight is 244 g/mol. The van der Waals surface area contributed by atoms with Gasteiger partial charge in [0, 0.05) is 19.4 Å². The van der Waals surface area contributed by atoms with Crippen molar-refractivity contribution in [2.45, 2.75) is 64.8 Å². The van der Waals surface area contributed by atoms with E-state index in [0.29, 0.717) is 19.4 Å². The fraction of sp³-hybridized carbons (Fsp3) is 0.923. The molecule has 0 radical (unpaired) electrons. The Morgan fingerprint density at radius 2 is 2.00 bits per heavy atom. The van der Waals surface area contributed by atoms with Crippen molar-refractivity contribution in [3.63, 3.8) is 0 Å². The molecule has 1 aliphatic rings. The second-order valence-electron chi connectivity index (χ2n) is 5.84. The third-order valence-electron chi connectivity index (χ3n) is 3.13. The lowest BCUT2D eigenvalue weighted by atomic mass is 9.69. The first kappa shape index (κ1) is 14.5. The van der Waals surface area contributed by atoms with Crippen molar-refractivity contribution in [2.75, 3.05) is 6.61 Å². The number of carbonyl (C=O) groups excluding carboxylic acids is 1. The summed E-state index contributed by atoms with van der Waals surface area (Å²) in [5.41, 5.74) is -1.47. The van der Waals surface area contributed by atoms with Gasteiger partial charge in [0.1, 0.15) is 5.60 Å². The molecular formula is C13H24O4. The largest absolute Gasteiger partial charge is 0.460 e. The number of hydrogen-bond acceptors (Lipinski definition) is 4. The van der Waals surface area contributed by atoms with Crippen molar-refractivity contribution < 1.29 is 19.4 Å². The first-order valence-electron chi connectivity index (χ1n) is 6.25. The molecule has 0 aromatic carbocycles. The zero-order valence-electron chi connectivity index (χ0n) is 11.4. The van der Waals surface area contributed by atoms with Gasteiger partial charge in [-0.25, -0.2) is 0 Å². The van der Waals surface area contributed by atoms with Gasteiger partial charge in [0.15, 0.2) is 0 Å². The molecule has 0 bridgehead atoms. The van der Waals surface area contributed by atoms with E-state index >= 15 is 0 Å². The molecule has 0 aromatic rings. The second kappa shape index (κ2) is 4.94. The fourth-order valence-electron chi connectivity index (χ4n) is 2.05. The van der Waals surface area contributed by atoms with Crippen LogP contribution in [0.1, 0.15) is 47.5 Å². The second-order valence-corrected chi connectivity index (χ2v) is 5.84. The Kier molecular flexibility index (Phi) is 4.20. The van der Waals surface area contributed by atoms with Crippen molar-refractivity contribution in [3.05, 3.63) is 0 Å². The van der Waals surface area contributed by atoms with E-state index < -0.39 is 17.1 Å². The number of aliphatic hydroxyl groups is 1. The summed E-state index contributed by atoms with van der Waals surface area (Å²) in [5.74, 6) is -0.839. The predicted octanol–water partition coefficient (Wildman–Crippen LogP) is 1.89. The summed E-state index contributed by atoms with van der Waals surface area (Å²) >= 11 is 0. The first-order chi connectivity index (χ1) is 7.68. The van der Waals surface area contributed by atoms with E-state index in [9.17, 15) is 9.90 Å². The summed E-state index contributed by atoms with van der Waals surface area (Å²) in [6.45, 7) is 9.76. The quantitative estimate of drug-likeness (QED) is 0.767. The van der Waals surface area contributed by atoms with Crippen LogP contribution in [0.15, 0.2) is 0 Å². The Hall–Kier alpha value is -0.610. The minimum atomic E-state index is -0.956. The highest BCUT2D eigenvalue weighted by Crippen LogP contribution is 2.41. The number of rotatable bonds is 4. The van der Waals surface area contributed by atoms with E-state index in [2.05, 4.69) is 0 Å². The monoisotopic (exact) mass is 244 g/mol. The molecule has 1 atom stereocenters. The summed E-state index contributed by atoms with van der Waals surface area (Å²) in [7, 11) is 0. The van der Waals surface area contributed by atoms with Crippen molar-refractivity contribution in [1.29, 1.82) is 0 Å². The molecule has 17 heavy (non-hydrogen) atoms. The van der Waals surface area contributed by atoms with E-state index in [1.54, 1.807) is 6.92 Å². The molecule has 1 fully saturated rings. The molecule has 0 spiro atoms. The lowest BCUT2D eigenvalue weighted by Crippen LogP contribution is -2.55. The number of esters is 1. The van der Waals surface area contributed by atoms with Crippen LogP contribution in [0.4, 0.5) is 0 Å². The van der Waals surface area contributed by atoms with Crippen molar-refractivity contribution in [2.24, 2.45) is 5.92 Å². The molecule has 1 aliphatic carbocycles. The van der Waals surface area contributed by atoms with Crippen LogP contribution in [0.3, 0.4) is 0 Å². The zero-order valence-corrected chi connectivity index (χ0v) is 11.4. The zero-order chi connectivity index (χ0) is 13.3. The molecule has 1 rings (SSSR count). The minimum absolute atomic E-state index is 0.0786. The molecule has 4 nitrogen and oxygen atoms in total. The Morgan fingerprint density at radius 1 is 1.47 bits per heavy atom. The molecule has 0 aliphatic heterocycles. The van der Waals surface area contributed by atoms with Crippen molar-refractivity contribution in [3.8, 4) is 0 Å². The van der Waals surface area contributed by atoms with Crippen molar-refractivity contribution in [1.82, 2.24) is 0 Å². The highest BCUT2D eigenvalue weighted by Gasteiger charge is 2.50. The number of hydrogen-bond donors (Lipinski definition) is 1. The summed E-state index contributed by atoms with van der Waals surface area (Å²) in [5, 5.41) is 10.3. The van der Waals surface area contributed by atoms with E-state index in [1.165, 1.54) is 0 Å². The normalized spacial score (nSPS) is 30.6. The van der Waals surface area contributed by atoms with Crippen LogP contribution in [0.25, 0.3) is 0 Å². The summed E-state index contributed by atoms with van der Waals surface area (Å²) in [6.07, 6.45) is 1.11. The van der Waals surface area contributed by atoms with Crippen LogP contribution in [0.2, 0.25) is 0 Å². The van der Waals surface area contributed by atoms with Crippen LogP contribution in [-0.2, 0) is 14.3 Å². The maximum atomic E-state index is 11.8. The number of ether oxygens (including phenoxy) is 2.